The van der Waals surface area contributed by atoms with Gasteiger partial charge in [-0.25, -0.2) is 0 Å². The normalized spacial score (nSPS) is 11.1. The Morgan fingerprint density at radius 2 is 1.64 bits per heavy atom. The number of nitrogens with one attached hydrogen (secondary N) is 1. The Hall–Kier alpha value is -3.47. The van der Waals surface area contributed by atoms with Gasteiger partial charge in [-0.3, -0.25) is 4.79 Å². The maximum absolute atomic E-state index is 13.0. The number of ether oxygens (including phenoxy) is 3. The molecule has 0 aliphatic carbocycles. The summed E-state index contributed by atoms with van der Waals surface area (Å²) in [7, 11) is 1.59. The third-order valence-corrected chi connectivity index (χ3v) is 5.30. The molecule has 3 aromatic carbocycles. The quantitative estimate of drug-likeness (QED) is 0.426. The van der Waals surface area contributed by atoms with Crippen molar-refractivity contribution < 1.29 is 19.0 Å². The molecule has 5 nitrogen and oxygen atoms in total. The molecule has 5 heteroatoms. The number of benzene rings is 3. The highest BCUT2D eigenvalue weighted by molar-refractivity contribution is 6.05. The number of methoxy groups -OCH3 is 1. The molecule has 1 amide bonds. The van der Waals surface area contributed by atoms with Gasteiger partial charge in [0.05, 0.1) is 19.4 Å². The molecule has 3 aromatic rings. The second kappa shape index (κ2) is 10.4. The number of para-hydroxylation sites is 1. The molecule has 0 unspecified atom stereocenters. The van der Waals surface area contributed by atoms with E-state index in [9.17, 15) is 4.79 Å². The summed E-state index contributed by atoms with van der Waals surface area (Å²) in [5.74, 6) is 1.92. The third-order valence-electron chi connectivity index (χ3n) is 5.30. The Morgan fingerprint density at radius 1 is 0.909 bits per heavy atom. The average molecular weight is 448 g/mol. The highest BCUT2D eigenvalue weighted by atomic mass is 16.5. The zero-order chi connectivity index (χ0) is 24.0. The van der Waals surface area contributed by atoms with Crippen LogP contribution in [0.5, 0.6) is 17.2 Å². The lowest BCUT2D eigenvalue weighted by Gasteiger charge is -2.23. The molecule has 0 aromatic heterocycles. The highest BCUT2D eigenvalue weighted by Crippen LogP contribution is 2.32. The standard InChI is InChI=1S/C28H33NO4/c1-7-32-24-15-13-20(27(30)29-23-16-19(2)12-14-26(23)31-6)17-21(24)18-33-25-11-9-8-10-22(25)28(3,4)5/h8-17H,7,18H2,1-6H3,(H,29,30). The zero-order valence-electron chi connectivity index (χ0n) is 20.3. The van der Waals surface area contributed by atoms with Crippen LogP contribution >= 0.6 is 0 Å². The van der Waals surface area contributed by atoms with E-state index in [0.29, 0.717) is 29.4 Å². The van der Waals surface area contributed by atoms with Crippen molar-refractivity contribution in [3.8, 4) is 17.2 Å². The van der Waals surface area contributed by atoms with Crippen LogP contribution < -0.4 is 19.5 Å². The smallest absolute Gasteiger partial charge is 0.255 e. The van der Waals surface area contributed by atoms with Crippen molar-refractivity contribution in [2.24, 2.45) is 0 Å². The summed E-state index contributed by atoms with van der Waals surface area (Å²) in [4.78, 5) is 13.0. The van der Waals surface area contributed by atoms with E-state index in [1.165, 1.54) is 0 Å². The fraction of sp³-hybridized carbons (Fsp3) is 0.321. The van der Waals surface area contributed by atoms with Crippen LogP contribution in [0.4, 0.5) is 5.69 Å². The summed E-state index contributed by atoms with van der Waals surface area (Å²) < 4.78 is 17.4. The van der Waals surface area contributed by atoms with Crippen molar-refractivity contribution in [3.63, 3.8) is 0 Å². The maximum Gasteiger partial charge on any atom is 0.255 e. The van der Waals surface area contributed by atoms with Gasteiger partial charge in [-0.05, 0) is 66.8 Å². The van der Waals surface area contributed by atoms with Crippen LogP contribution in [0.2, 0.25) is 0 Å². The monoisotopic (exact) mass is 447 g/mol. The van der Waals surface area contributed by atoms with Gasteiger partial charge in [0.1, 0.15) is 23.9 Å². The molecule has 0 aliphatic heterocycles. The number of rotatable bonds is 8. The molecule has 0 atom stereocenters. The van der Waals surface area contributed by atoms with Crippen LogP contribution in [0.15, 0.2) is 60.7 Å². The van der Waals surface area contributed by atoms with Crippen LogP contribution in [0.1, 0.15) is 54.7 Å². The minimum absolute atomic E-state index is 0.0477. The molecule has 0 heterocycles. The topological polar surface area (TPSA) is 56.8 Å². The van der Waals surface area contributed by atoms with Gasteiger partial charge in [0.25, 0.3) is 5.91 Å². The van der Waals surface area contributed by atoms with E-state index in [2.05, 4.69) is 32.2 Å². The Balaban J connectivity index is 1.86. The number of hydrogen-bond donors (Lipinski definition) is 1. The first kappa shape index (κ1) is 24.2. The average Bonchev–Trinajstić information content (AvgIpc) is 2.78. The molecule has 0 aliphatic rings. The van der Waals surface area contributed by atoms with Crippen LogP contribution in [0.25, 0.3) is 0 Å². The first-order chi connectivity index (χ1) is 15.7. The first-order valence-corrected chi connectivity index (χ1v) is 11.2. The fourth-order valence-corrected chi connectivity index (χ4v) is 3.61. The molecular weight excluding hydrogens is 414 g/mol. The SMILES string of the molecule is CCOc1ccc(C(=O)Nc2cc(C)ccc2OC)cc1COc1ccccc1C(C)(C)C. The molecule has 0 bridgehead atoms. The lowest BCUT2D eigenvalue weighted by Crippen LogP contribution is -2.15. The van der Waals surface area contributed by atoms with Crippen molar-refractivity contribution in [2.45, 2.75) is 46.6 Å². The fourth-order valence-electron chi connectivity index (χ4n) is 3.61. The summed E-state index contributed by atoms with van der Waals surface area (Å²) in [6.07, 6.45) is 0. The van der Waals surface area contributed by atoms with E-state index in [-0.39, 0.29) is 17.9 Å². The molecule has 0 saturated carbocycles. The van der Waals surface area contributed by atoms with Gasteiger partial charge in [-0.15, -0.1) is 0 Å². The summed E-state index contributed by atoms with van der Waals surface area (Å²) in [6, 6.07) is 19.1. The van der Waals surface area contributed by atoms with Crippen LogP contribution in [0.3, 0.4) is 0 Å². The predicted octanol–water partition coefficient (Wildman–Crippen LogP) is 6.53. The largest absolute Gasteiger partial charge is 0.495 e. The Bertz CT molecular complexity index is 1120. The molecule has 1 N–H and O–H groups in total. The highest BCUT2D eigenvalue weighted by Gasteiger charge is 2.19. The molecule has 0 saturated heterocycles. The van der Waals surface area contributed by atoms with E-state index < -0.39 is 0 Å². The van der Waals surface area contributed by atoms with Gasteiger partial charge < -0.3 is 19.5 Å². The van der Waals surface area contributed by atoms with E-state index in [1.807, 2.05) is 62.4 Å². The summed E-state index contributed by atoms with van der Waals surface area (Å²) in [5.41, 5.74) is 4.07. The van der Waals surface area contributed by atoms with Crippen molar-refractivity contribution >= 4 is 11.6 Å². The summed E-state index contributed by atoms with van der Waals surface area (Å²) in [5, 5.41) is 2.95. The predicted molar refractivity (Wildman–Crippen MR) is 133 cm³/mol. The van der Waals surface area contributed by atoms with Gasteiger partial charge in [0.2, 0.25) is 0 Å². The molecule has 3 rings (SSSR count). The number of carbonyl (C=O) groups is 1. The molecule has 0 radical (unpaired) electrons. The Labute approximate surface area is 196 Å². The molecular formula is C28H33NO4. The lowest BCUT2D eigenvalue weighted by molar-refractivity contribution is 0.102. The first-order valence-electron chi connectivity index (χ1n) is 11.2. The Morgan fingerprint density at radius 3 is 2.33 bits per heavy atom. The van der Waals surface area contributed by atoms with Crippen molar-refractivity contribution in [1.29, 1.82) is 0 Å². The lowest BCUT2D eigenvalue weighted by atomic mass is 9.86. The van der Waals surface area contributed by atoms with E-state index in [0.717, 1.165) is 22.4 Å². The van der Waals surface area contributed by atoms with Crippen molar-refractivity contribution in [1.82, 2.24) is 0 Å². The number of aryl methyl sites for hydroxylation is 1. The van der Waals surface area contributed by atoms with Gasteiger partial charge in [-0.1, -0.05) is 45.0 Å². The molecule has 33 heavy (non-hydrogen) atoms. The summed E-state index contributed by atoms with van der Waals surface area (Å²) in [6.45, 7) is 11.2. The van der Waals surface area contributed by atoms with Crippen molar-refractivity contribution in [2.75, 3.05) is 19.0 Å². The number of amides is 1. The second-order valence-electron chi connectivity index (χ2n) is 8.95. The number of hydrogen-bond acceptors (Lipinski definition) is 4. The third kappa shape index (κ3) is 6.07. The molecule has 0 spiro atoms. The minimum Gasteiger partial charge on any atom is -0.495 e. The minimum atomic E-state index is -0.224. The Kier molecular flexibility index (Phi) is 7.64. The van der Waals surface area contributed by atoms with Crippen LogP contribution in [-0.2, 0) is 12.0 Å². The van der Waals surface area contributed by atoms with Gasteiger partial charge in [-0.2, -0.15) is 0 Å². The molecule has 0 fully saturated rings. The molecule has 174 valence electrons. The van der Waals surface area contributed by atoms with Gasteiger partial charge in [0, 0.05) is 11.1 Å². The van der Waals surface area contributed by atoms with Crippen molar-refractivity contribution in [3.05, 3.63) is 82.9 Å². The van der Waals surface area contributed by atoms with E-state index in [4.69, 9.17) is 14.2 Å². The van der Waals surface area contributed by atoms with Gasteiger partial charge in [0.15, 0.2) is 0 Å². The zero-order valence-corrected chi connectivity index (χ0v) is 20.3. The van der Waals surface area contributed by atoms with E-state index in [1.54, 1.807) is 13.2 Å². The van der Waals surface area contributed by atoms with Gasteiger partial charge >= 0.3 is 0 Å². The number of anilines is 1. The van der Waals surface area contributed by atoms with Crippen LogP contribution in [-0.4, -0.2) is 19.6 Å². The second-order valence-corrected chi connectivity index (χ2v) is 8.95. The maximum atomic E-state index is 13.0. The summed E-state index contributed by atoms with van der Waals surface area (Å²) >= 11 is 0. The van der Waals surface area contributed by atoms with E-state index >= 15 is 0 Å². The number of carbonyl (C=O) groups excluding carboxylic acids is 1. The van der Waals surface area contributed by atoms with Crippen LogP contribution in [0, 0.1) is 6.92 Å².